The van der Waals surface area contributed by atoms with Gasteiger partial charge in [0.15, 0.2) is 0 Å². The highest BCUT2D eigenvalue weighted by atomic mass is 16.5. The fourth-order valence-corrected chi connectivity index (χ4v) is 2.15. The number of hydrogen-bond acceptors (Lipinski definition) is 7. The van der Waals surface area contributed by atoms with Crippen LogP contribution in [-0.4, -0.2) is 48.9 Å². The molecule has 1 aromatic carbocycles. The first-order valence-electron chi connectivity index (χ1n) is 7.98. The Hall–Kier alpha value is -2.54. The Kier molecular flexibility index (Phi) is 6.62. The first kappa shape index (κ1) is 17.8. The highest BCUT2D eigenvalue weighted by molar-refractivity contribution is 5.53. The molecular weight excluding hydrogens is 306 g/mol. The van der Waals surface area contributed by atoms with Gasteiger partial charge in [-0.3, -0.25) is 0 Å². The van der Waals surface area contributed by atoms with Gasteiger partial charge in [0.05, 0.1) is 13.7 Å². The summed E-state index contributed by atoms with van der Waals surface area (Å²) in [5.74, 6) is 2.86. The van der Waals surface area contributed by atoms with E-state index < -0.39 is 0 Å². The molecule has 2 rings (SSSR count). The van der Waals surface area contributed by atoms with E-state index in [4.69, 9.17) is 9.84 Å². The molecule has 0 saturated carbocycles. The van der Waals surface area contributed by atoms with Crippen molar-refractivity contribution in [1.29, 1.82) is 0 Å². The Morgan fingerprint density at radius 1 is 1.17 bits per heavy atom. The molecule has 130 valence electrons. The van der Waals surface area contributed by atoms with Crippen LogP contribution in [0.5, 0.6) is 5.75 Å². The fraction of sp³-hybridized carbons (Fsp3) is 0.412. The summed E-state index contributed by atoms with van der Waals surface area (Å²) in [5, 5.41) is 15.4. The Morgan fingerprint density at radius 2 is 1.88 bits per heavy atom. The molecule has 0 aliphatic heterocycles. The lowest BCUT2D eigenvalue weighted by atomic mass is 10.2. The van der Waals surface area contributed by atoms with Gasteiger partial charge in [0.2, 0.25) is 5.95 Å². The molecule has 0 atom stereocenters. The zero-order chi connectivity index (χ0) is 17.4. The monoisotopic (exact) mass is 331 g/mol. The molecule has 7 nitrogen and oxygen atoms in total. The van der Waals surface area contributed by atoms with Gasteiger partial charge in [0.25, 0.3) is 0 Å². The second-order valence-electron chi connectivity index (χ2n) is 5.27. The lowest BCUT2D eigenvalue weighted by Crippen LogP contribution is -2.20. The maximum Gasteiger partial charge on any atom is 0.228 e. The van der Waals surface area contributed by atoms with Crippen LogP contribution in [-0.2, 0) is 6.54 Å². The van der Waals surface area contributed by atoms with Crippen LogP contribution in [0, 0.1) is 0 Å². The van der Waals surface area contributed by atoms with Crippen molar-refractivity contribution in [2.45, 2.75) is 13.5 Å². The highest BCUT2D eigenvalue weighted by Crippen LogP contribution is 2.20. The second-order valence-corrected chi connectivity index (χ2v) is 5.27. The SMILES string of the molecule is CCN(C)c1nc(NCCO)cc(NCc2ccccc2OC)n1. The summed E-state index contributed by atoms with van der Waals surface area (Å²) in [6, 6.07) is 9.69. The Labute approximate surface area is 142 Å². The van der Waals surface area contributed by atoms with Gasteiger partial charge < -0.3 is 25.4 Å². The van der Waals surface area contributed by atoms with Crippen LogP contribution in [0.4, 0.5) is 17.6 Å². The quantitative estimate of drug-likeness (QED) is 0.648. The lowest BCUT2D eigenvalue weighted by molar-refractivity contribution is 0.311. The standard InChI is InChI=1S/C17H25N5O2/c1-4-22(2)17-20-15(18-9-10-23)11-16(21-17)19-12-13-7-5-6-8-14(13)24-3/h5-8,11,23H,4,9-10,12H2,1-3H3,(H2,18,19,20,21). The van der Waals surface area contributed by atoms with Gasteiger partial charge in [0.1, 0.15) is 17.4 Å². The molecular formula is C17H25N5O2. The number of ether oxygens (including phenoxy) is 1. The fourth-order valence-electron chi connectivity index (χ4n) is 2.15. The van der Waals surface area contributed by atoms with Gasteiger partial charge in [0, 0.05) is 38.3 Å². The average Bonchev–Trinajstić information content (AvgIpc) is 2.64. The van der Waals surface area contributed by atoms with Crippen LogP contribution < -0.4 is 20.3 Å². The molecule has 0 radical (unpaired) electrons. The van der Waals surface area contributed by atoms with Crippen molar-refractivity contribution < 1.29 is 9.84 Å². The predicted octanol–water partition coefficient (Wildman–Crippen LogP) is 1.96. The summed E-state index contributed by atoms with van der Waals surface area (Å²) in [5.41, 5.74) is 1.05. The molecule has 1 aromatic heterocycles. The number of anilines is 3. The third-order valence-electron chi connectivity index (χ3n) is 3.60. The molecule has 0 saturated heterocycles. The topological polar surface area (TPSA) is 82.5 Å². The van der Waals surface area contributed by atoms with E-state index in [2.05, 4.69) is 20.6 Å². The summed E-state index contributed by atoms with van der Waals surface area (Å²) in [4.78, 5) is 11.0. The third kappa shape index (κ3) is 4.73. The number of para-hydroxylation sites is 1. The van der Waals surface area contributed by atoms with Crippen molar-refractivity contribution in [3.63, 3.8) is 0 Å². The largest absolute Gasteiger partial charge is 0.496 e. The van der Waals surface area contributed by atoms with E-state index in [0.29, 0.717) is 30.7 Å². The summed E-state index contributed by atoms with van der Waals surface area (Å²) in [6.07, 6.45) is 0. The number of hydrogen-bond donors (Lipinski definition) is 3. The van der Waals surface area contributed by atoms with E-state index in [1.54, 1.807) is 7.11 Å². The number of rotatable bonds is 9. The second kappa shape index (κ2) is 8.93. The number of aliphatic hydroxyl groups excluding tert-OH is 1. The zero-order valence-corrected chi connectivity index (χ0v) is 14.4. The van der Waals surface area contributed by atoms with E-state index in [-0.39, 0.29) is 6.61 Å². The molecule has 0 fully saturated rings. The molecule has 3 N–H and O–H groups in total. The summed E-state index contributed by atoms with van der Waals surface area (Å²) in [7, 11) is 3.60. The summed E-state index contributed by atoms with van der Waals surface area (Å²) < 4.78 is 5.37. The molecule has 1 heterocycles. The number of methoxy groups -OCH3 is 1. The van der Waals surface area contributed by atoms with E-state index in [0.717, 1.165) is 17.9 Å². The van der Waals surface area contributed by atoms with Crippen LogP contribution in [0.15, 0.2) is 30.3 Å². The Balaban J connectivity index is 2.18. The normalized spacial score (nSPS) is 10.3. The van der Waals surface area contributed by atoms with Gasteiger partial charge in [-0.2, -0.15) is 9.97 Å². The average molecular weight is 331 g/mol. The van der Waals surface area contributed by atoms with Crippen molar-refractivity contribution in [1.82, 2.24) is 9.97 Å². The molecule has 0 spiro atoms. The first-order chi connectivity index (χ1) is 11.7. The molecule has 0 amide bonds. The summed E-state index contributed by atoms with van der Waals surface area (Å²) in [6.45, 7) is 3.93. The van der Waals surface area contributed by atoms with Crippen molar-refractivity contribution in [2.75, 3.05) is 49.4 Å². The molecule has 7 heteroatoms. The number of nitrogens with one attached hydrogen (secondary N) is 2. The van der Waals surface area contributed by atoms with Gasteiger partial charge in [-0.05, 0) is 13.0 Å². The predicted molar refractivity (Wildman–Crippen MR) is 96.9 cm³/mol. The van der Waals surface area contributed by atoms with E-state index in [1.165, 1.54) is 0 Å². The minimum absolute atomic E-state index is 0.0485. The van der Waals surface area contributed by atoms with Gasteiger partial charge in [-0.25, -0.2) is 0 Å². The molecule has 0 aliphatic carbocycles. The third-order valence-corrected chi connectivity index (χ3v) is 3.60. The molecule has 24 heavy (non-hydrogen) atoms. The Morgan fingerprint density at radius 3 is 2.54 bits per heavy atom. The highest BCUT2D eigenvalue weighted by Gasteiger charge is 2.09. The van der Waals surface area contributed by atoms with E-state index >= 15 is 0 Å². The molecule has 2 aromatic rings. The number of aliphatic hydroxyl groups is 1. The van der Waals surface area contributed by atoms with Crippen LogP contribution in [0.2, 0.25) is 0 Å². The lowest BCUT2D eigenvalue weighted by Gasteiger charge is -2.17. The van der Waals surface area contributed by atoms with Crippen LogP contribution in [0.1, 0.15) is 12.5 Å². The smallest absolute Gasteiger partial charge is 0.228 e. The number of benzene rings is 1. The minimum Gasteiger partial charge on any atom is -0.496 e. The van der Waals surface area contributed by atoms with E-state index in [1.807, 2.05) is 49.2 Å². The van der Waals surface area contributed by atoms with Gasteiger partial charge in [-0.1, -0.05) is 18.2 Å². The molecule has 0 unspecified atom stereocenters. The molecule has 0 bridgehead atoms. The minimum atomic E-state index is 0.0485. The Bertz CT molecular complexity index is 651. The number of nitrogens with zero attached hydrogens (tertiary/aromatic N) is 3. The zero-order valence-electron chi connectivity index (χ0n) is 14.4. The first-order valence-corrected chi connectivity index (χ1v) is 7.98. The van der Waals surface area contributed by atoms with Crippen LogP contribution in [0.25, 0.3) is 0 Å². The van der Waals surface area contributed by atoms with Crippen LogP contribution >= 0.6 is 0 Å². The number of aromatic nitrogens is 2. The van der Waals surface area contributed by atoms with Crippen molar-refractivity contribution in [2.24, 2.45) is 0 Å². The maximum atomic E-state index is 8.99. The van der Waals surface area contributed by atoms with Gasteiger partial charge in [-0.15, -0.1) is 0 Å². The van der Waals surface area contributed by atoms with Gasteiger partial charge >= 0.3 is 0 Å². The van der Waals surface area contributed by atoms with Crippen molar-refractivity contribution in [3.8, 4) is 5.75 Å². The van der Waals surface area contributed by atoms with E-state index in [9.17, 15) is 0 Å². The van der Waals surface area contributed by atoms with Crippen molar-refractivity contribution in [3.05, 3.63) is 35.9 Å². The van der Waals surface area contributed by atoms with Crippen LogP contribution in [0.3, 0.4) is 0 Å². The summed E-state index contributed by atoms with van der Waals surface area (Å²) >= 11 is 0. The maximum absolute atomic E-state index is 8.99. The van der Waals surface area contributed by atoms with Crippen molar-refractivity contribution >= 4 is 17.6 Å². The molecule has 0 aliphatic rings.